The van der Waals surface area contributed by atoms with Crippen molar-refractivity contribution in [2.24, 2.45) is 0 Å². The molecule has 1 heterocycles. The van der Waals surface area contributed by atoms with Gasteiger partial charge in [0.25, 0.3) is 0 Å². The zero-order valence-electron chi connectivity index (χ0n) is 15.3. The Hall–Kier alpha value is -3.22. The number of rotatable bonds is 5. The smallest absolute Gasteiger partial charge is 0.137 e. The molecule has 0 atom stereocenters. The van der Waals surface area contributed by atoms with Crippen LogP contribution in [0.3, 0.4) is 0 Å². The van der Waals surface area contributed by atoms with Gasteiger partial charge in [-0.05, 0) is 19.1 Å². The van der Waals surface area contributed by atoms with E-state index in [-0.39, 0.29) is 16.9 Å². The first-order valence-corrected chi connectivity index (χ1v) is 8.07. The van der Waals surface area contributed by atoms with Gasteiger partial charge >= 0.3 is 0 Å². The highest BCUT2D eigenvalue weighted by Crippen LogP contribution is 2.39. The van der Waals surface area contributed by atoms with Crippen molar-refractivity contribution in [2.45, 2.75) is 6.92 Å². The Morgan fingerprint density at radius 3 is 1.74 bits per heavy atom. The van der Waals surface area contributed by atoms with Crippen LogP contribution in [0.15, 0.2) is 36.7 Å². The topological polar surface area (TPSA) is 53.5 Å². The van der Waals surface area contributed by atoms with Crippen molar-refractivity contribution >= 4 is 0 Å². The maximum atomic E-state index is 14.7. The average molecular weight is 372 g/mol. The number of halogens is 2. The highest BCUT2D eigenvalue weighted by atomic mass is 19.1. The van der Waals surface area contributed by atoms with Crippen molar-refractivity contribution in [1.29, 1.82) is 0 Å². The van der Waals surface area contributed by atoms with Gasteiger partial charge in [-0.15, -0.1) is 0 Å². The van der Waals surface area contributed by atoms with Crippen molar-refractivity contribution in [3.05, 3.63) is 54.0 Å². The number of hydrogen-bond acceptors (Lipinski definition) is 5. The maximum absolute atomic E-state index is 14.7. The van der Waals surface area contributed by atoms with Crippen molar-refractivity contribution in [2.75, 3.05) is 21.3 Å². The summed E-state index contributed by atoms with van der Waals surface area (Å²) in [6.07, 6.45) is 1.35. The Labute approximate surface area is 155 Å². The summed E-state index contributed by atoms with van der Waals surface area (Å²) in [5, 5.41) is 0. The molecule has 2 aromatic carbocycles. The molecule has 140 valence electrons. The Bertz CT molecular complexity index is 948. The van der Waals surface area contributed by atoms with Crippen LogP contribution in [0.25, 0.3) is 22.4 Å². The van der Waals surface area contributed by atoms with Gasteiger partial charge in [0.2, 0.25) is 0 Å². The van der Waals surface area contributed by atoms with E-state index in [1.807, 2.05) is 0 Å². The Morgan fingerprint density at radius 1 is 0.704 bits per heavy atom. The number of ether oxygens (including phenoxy) is 3. The first-order valence-electron chi connectivity index (χ1n) is 8.07. The first kappa shape index (κ1) is 18.6. The first-order chi connectivity index (χ1) is 13.0. The van der Waals surface area contributed by atoms with Gasteiger partial charge in [0.15, 0.2) is 0 Å². The normalized spacial score (nSPS) is 10.6. The van der Waals surface area contributed by atoms with Gasteiger partial charge in [-0.2, -0.15) is 0 Å². The van der Waals surface area contributed by atoms with E-state index in [9.17, 15) is 8.78 Å². The second-order valence-corrected chi connectivity index (χ2v) is 5.75. The Morgan fingerprint density at radius 2 is 1.22 bits per heavy atom. The van der Waals surface area contributed by atoms with Crippen LogP contribution >= 0.6 is 0 Å². The molecular weight excluding hydrogens is 354 g/mol. The van der Waals surface area contributed by atoms with Crippen LogP contribution in [0.4, 0.5) is 8.78 Å². The third-order valence-corrected chi connectivity index (χ3v) is 4.16. The van der Waals surface area contributed by atoms with E-state index in [1.54, 1.807) is 25.1 Å². The third kappa shape index (κ3) is 3.53. The van der Waals surface area contributed by atoms with E-state index in [4.69, 9.17) is 14.2 Å². The molecule has 0 aliphatic rings. The van der Waals surface area contributed by atoms with Gasteiger partial charge in [-0.3, -0.25) is 0 Å². The van der Waals surface area contributed by atoms with E-state index in [2.05, 4.69) is 9.97 Å². The molecule has 7 heteroatoms. The molecular formula is C20H18F2N2O3. The van der Waals surface area contributed by atoms with Gasteiger partial charge in [-0.25, -0.2) is 18.7 Å². The van der Waals surface area contributed by atoms with E-state index >= 15 is 0 Å². The van der Waals surface area contributed by atoms with Crippen LogP contribution in [0.1, 0.15) is 5.69 Å². The van der Waals surface area contributed by atoms with Crippen LogP contribution in [0.2, 0.25) is 0 Å². The number of benzene rings is 2. The lowest BCUT2D eigenvalue weighted by Crippen LogP contribution is -2.01. The molecule has 3 aromatic rings. The SMILES string of the molecule is COc1cc(OC)cc(-c2ncnc(C)c2-c2c(F)cc(OC)cc2F)c1. The van der Waals surface area contributed by atoms with Gasteiger partial charge in [-0.1, -0.05) is 0 Å². The molecule has 27 heavy (non-hydrogen) atoms. The molecule has 0 amide bonds. The van der Waals surface area contributed by atoms with E-state index in [0.29, 0.717) is 28.5 Å². The van der Waals surface area contributed by atoms with Crippen LogP contribution in [0, 0.1) is 18.6 Å². The van der Waals surface area contributed by atoms with Gasteiger partial charge in [0.05, 0.1) is 32.6 Å². The molecule has 0 saturated carbocycles. The fourth-order valence-corrected chi connectivity index (χ4v) is 2.84. The lowest BCUT2D eigenvalue weighted by atomic mass is 9.96. The standard InChI is InChI=1S/C20H18F2N2O3/c1-11-18(19-16(21)8-15(27-4)9-17(19)22)20(24-10-23-11)12-5-13(25-2)7-14(6-12)26-3/h5-10H,1-4H3. The largest absolute Gasteiger partial charge is 0.497 e. The van der Waals surface area contributed by atoms with Crippen LogP contribution in [-0.4, -0.2) is 31.3 Å². The van der Waals surface area contributed by atoms with Gasteiger partial charge < -0.3 is 14.2 Å². The zero-order valence-corrected chi connectivity index (χ0v) is 15.3. The molecule has 0 aliphatic heterocycles. The molecule has 1 aromatic heterocycles. The predicted molar refractivity (Wildman–Crippen MR) is 97.2 cm³/mol. The van der Waals surface area contributed by atoms with Crippen LogP contribution in [-0.2, 0) is 0 Å². The fourth-order valence-electron chi connectivity index (χ4n) is 2.84. The second-order valence-electron chi connectivity index (χ2n) is 5.75. The summed E-state index contributed by atoms with van der Waals surface area (Å²) in [5.41, 5.74) is 1.42. The lowest BCUT2D eigenvalue weighted by molar-refractivity contribution is 0.394. The van der Waals surface area contributed by atoms with Crippen molar-refractivity contribution < 1.29 is 23.0 Å². The average Bonchev–Trinajstić information content (AvgIpc) is 2.67. The van der Waals surface area contributed by atoms with Gasteiger partial charge in [0, 0.05) is 35.0 Å². The molecule has 0 fully saturated rings. The molecule has 0 unspecified atom stereocenters. The minimum absolute atomic E-state index is 0.0906. The predicted octanol–water partition coefficient (Wildman–Crippen LogP) is 4.42. The number of aromatic nitrogens is 2. The number of methoxy groups -OCH3 is 3. The third-order valence-electron chi connectivity index (χ3n) is 4.16. The van der Waals surface area contributed by atoms with E-state index < -0.39 is 11.6 Å². The molecule has 0 aliphatic carbocycles. The summed E-state index contributed by atoms with van der Waals surface area (Å²) < 4.78 is 44.9. The van der Waals surface area contributed by atoms with Gasteiger partial charge in [0.1, 0.15) is 35.2 Å². The monoisotopic (exact) mass is 372 g/mol. The summed E-state index contributed by atoms with van der Waals surface area (Å²) in [4.78, 5) is 8.39. The van der Waals surface area contributed by atoms with Crippen molar-refractivity contribution in [1.82, 2.24) is 9.97 Å². The number of hydrogen-bond donors (Lipinski definition) is 0. The molecule has 0 bridgehead atoms. The lowest BCUT2D eigenvalue weighted by Gasteiger charge is -2.15. The fraction of sp³-hybridized carbons (Fsp3) is 0.200. The zero-order chi connectivity index (χ0) is 19.6. The highest BCUT2D eigenvalue weighted by Gasteiger charge is 2.22. The van der Waals surface area contributed by atoms with Crippen molar-refractivity contribution in [3.63, 3.8) is 0 Å². The molecule has 0 N–H and O–H groups in total. The summed E-state index contributed by atoms with van der Waals surface area (Å²) >= 11 is 0. The number of aryl methyl sites for hydroxylation is 1. The van der Waals surface area contributed by atoms with Crippen LogP contribution in [0.5, 0.6) is 17.2 Å². The Kier molecular flexibility index (Phi) is 5.21. The minimum Gasteiger partial charge on any atom is -0.497 e. The molecule has 0 spiro atoms. The number of nitrogens with zero attached hydrogens (tertiary/aromatic N) is 2. The van der Waals surface area contributed by atoms with E-state index in [0.717, 1.165) is 12.1 Å². The molecule has 5 nitrogen and oxygen atoms in total. The summed E-state index contributed by atoms with van der Waals surface area (Å²) in [7, 11) is 4.39. The molecule has 0 saturated heterocycles. The highest BCUT2D eigenvalue weighted by molar-refractivity contribution is 5.83. The second kappa shape index (κ2) is 7.57. The van der Waals surface area contributed by atoms with E-state index in [1.165, 1.54) is 27.7 Å². The maximum Gasteiger partial charge on any atom is 0.137 e. The summed E-state index contributed by atoms with van der Waals surface area (Å²) in [6, 6.07) is 7.38. The van der Waals surface area contributed by atoms with Crippen molar-refractivity contribution in [3.8, 4) is 39.6 Å². The Balaban J connectivity index is 2.30. The summed E-state index contributed by atoms with van der Waals surface area (Å²) in [6.45, 7) is 1.67. The minimum atomic E-state index is -0.763. The van der Waals surface area contributed by atoms with Crippen LogP contribution < -0.4 is 14.2 Å². The summed E-state index contributed by atoms with van der Waals surface area (Å²) in [5.74, 6) is -0.376. The molecule has 3 rings (SSSR count). The quantitative estimate of drug-likeness (QED) is 0.663. The molecule has 0 radical (unpaired) electrons.